The van der Waals surface area contributed by atoms with Crippen LogP contribution in [0.25, 0.3) is 0 Å². The molecule has 0 aliphatic carbocycles. The van der Waals surface area contributed by atoms with Gasteiger partial charge < -0.3 is 57.2 Å². The standard InChI is InChI=1S/C5H10O3.10C4H8O2/c1-2-8-5(7)3-4-6;10*1-3-6-4(2)5/h6H,2-4H2,1H3;10*3H2,1-2H3. The number of carbonyl (C=O) groups excluding carboxylic acids is 11. The number of carbonyl (C=O) groups is 11. The molecule has 68 heavy (non-hydrogen) atoms. The van der Waals surface area contributed by atoms with E-state index in [0.717, 1.165) is 0 Å². The molecule has 0 spiro atoms. The largest absolute Gasteiger partial charge is 0.466 e. The average Bonchev–Trinajstić information content (AvgIpc) is 3.17. The summed E-state index contributed by atoms with van der Waals surface area (Å²) < 4.78 is 48.5. The number of ether oxygens (including phenoxy) is 11. The number of aliphatic hydroxyl groups excluding tert-OH is 1. The van der Waals surface area contributed by atoms with Crippen molar-refractivity contribution in [3.05, 3.63) is 0 Å². The maximum Gasteiger partial charge on any atom is 0.308 e. The van der Waals surface area contributed by atoms with Gasteiger partial charge in [0.25, 0.3) is 0 Å². The molecule has 0 heterocycles. The molecule has 23 heteroatoms. The summed E-state index contributed by atoms with van der Waals surface area (Å²) in [5.41, 5.74) is 0. The van der Waals surface area contributed by atoms with Crippen LogP contribution in [0.1, 0.15) is 152 Å². The van der Waals surface area contributed by atoms with Gasteiger partial charge >= 0.3 is 65.7 Å². The molecule has 1 N–H and O–H groups in total. The molecular weight excluding hydrogens is 908 g/mol. The lowest BCUT2D eigenvalue weighted by atomic mass is 10.5. The van der Waals surface area contributed by atoms with Crippen molar-refractivity contribution in [2.75, 3.05) is 79.3 Å². The summed E-state index contributed by atoms with van der Waals surface area (Å²) in [6.07, 6.45) is 0.105. The Morgan fingerprint density at radius 1 is 0.235 bits per heavy atom. The van der Waals surface area contributed by atoms with Gasteiger partial charge in [0.1, 0.15) is 0 Å². The first-order valence-electron chi connectivity index (χ1n) is 21.6. The second-order valence-electron chi connectivity index (χ2n) is 10.5. The molecule has 0 aliphatic heterocycles. The molecular formula is C45H90O23. The fourth-order valence-electron chi connectivity index (χ4n) is 2.36. The van der Waals surface area contributed by atoms with E-state index in [4.69, 9.17) is 5.11 Å². The van der Waals surface area contributed by atoms with Crippen molar-refractivity contribution in [3.8, 4) is 0 Å². The van der Waals surface area contributed by atoms with Gasteiger partial charge in [0.15, 0.2) is 0 Å². The smallest absolute Gasteiger partial charge is 0.308 e. The van der Waals surface area contributed by atoms with Gasteiger partial charge in [-0.1, -0.05) is 0 Å². The summed E-state index contributed by atoms with van der Waals surface area (Å²) in [5.74, 6) is -2.44. The van der Waals surface area contributed by atoms with Gasteiger partial charge in [0.2, 0.25) is 0 Å². The summed E-state index contributed by atoms with van der Waals surface area (Å²) >= 11 is 0. The highest BCUT2D eigenvalue weighted by Gasteiger charge is 1.96. The van der Waals surface area contributed by atoms with Crippen LogP contribution in [-0.4, -0.2) is 150 Å². The monoisotopic (exact) mass is 999 g/mol. The van der Waals surface area contributed by atoms with E-state index in [9.17, 15) is 52.7 Å². The first kappa shape index (κ1) is 88.8. The zero-order chi connectivity index (χ0) is 56.3. The van der Waals surface area contributed by atoms with Gasteiger partial charge in [-0.2, -0.15) is 0 Å². The molecule has 23 nitrogen and oxygen atoms in total. The van der Waals surface area contributed by atoms with Crippen LogP contribution in [0, 0.1) is 0 Å². The summed E-state index contributed by atoms with van der Waals surface area (Å²) in [4.78, 5) is 108. The molecule has 0 saturated heterocycles. The Kier molecular flexibility index (Phi) is 110. The maximum absolute atomic E-state index is 10.3. The van der Waals surface area contributed by atoms with Crippen molar-refractivity contribution >= 4 is 65.7 Å². The minimum atomic E-state index is -0.338. The van der Waals surface area contributed by atoms with E-state index in [0.29, 0.717) is 72.7 Å². The molecule has 0 aromatic heterocycles. The summed E-state index contributed by atoms with van der Waals surface area (Å²) in [6.45, 7) is 38.5. The molecule has 0 bridgehead atoms. The summed E-state index contributed by atoms with van der Waals surface area (Å²) in [5, 5.41) is 8.16. The molecule has 0 aromatic rings. The summed E-state index contributed by atoms with van der Waals surface area (Å²) in [6, 6.07) is 0. The number of rotatable bonds is 13. The summed E-state index contributed by atoms with van der Waals surface area (Å²) in [7, 11) is 0. The second-order valence-corrected chi connectivity index (χ2v) is 10.5. The third-order valence-electron chi connectivity index (χ3n) is 4.10. The molecule has 0 unspecified atom stereocenters. The Morgan fingerprint density at radius 2 is 0.338 bits per heavy atom. The Labute approximate surface area is 406 Å². The van der Waals surface area contributed by atoms with Gasteiger partial charge in [-0.25, -0.2) is 0 Å². The highest BCUT2D eigenvalue weighted by atomic mass is 16.6. The van der Waals surface area contributed by atoms with E-state index >= 15 is 0 Å². The quantitative estimate of drug-likeness (QED) is 0.173. The van der Waals surface area contributed by atoms with Gasteiger partial charge in [0, 0.05) is 69.2 Å². The molecule has 0 rings (SSSR count). The predicted octanol–water partition coefficient (Wildman–Crippen LogP) is 5.63. The van der Waals surface area contributed by atoms with Crippen LogP contribution in [0.15, 0.2) is 0 Å². The van der Waals surface area contributed by atoms with Crippen LogP contribution >= 0.6 is 0 Å². The zero-order valence-corrected chi connectivity index (χ0v) is 45.1. The fourth-order valence-corrected chi connectivity index (χ4v) is 2.36. The van der Waals surface area contributed by atoms with Gasteiger partial charge in [-0.05, 0) is 76.2 Å². The Hall–Kier alpha value is -5.87. The first-order valence-corrected chi connectivity index (χ1v) is 21.6. The molecule has 0 saturated carbocycles. The lowest BCUT2D eigenvalue weighted by Crippen LogP contribution is -2.05. The molecule has 0 fully saturated rings. The van der Waals surface area contributed by atoms with Crippen molar-refractivity contribution in [2.24, 2.45) is 0 Å². The second kappa shape index (κ2) is 84.5. The van der Waals surface area contributed by atoms with Crippen LogP contribution < -0.4 is 0 Å². The van der Waals surface area contributed by atoms with Crippen molar-refractivity contribution in [1.29, 1.82) is 0 Å². The molecule has 408 valence electrons. The highest BCUT2D eigenvalue weighted by molar-refractivity contribution is 5.69. The zero-order valence-electron chi connectivity index (χ0n) is 45.1. The maximum atomic E-state index is 10.3. The van der Waals surface area contributed by atoms with E-state index in [1.165, 1.54) is 69.2 Å². The van der Waals surface area contributed by atoms with Crippen molar-refractivity contribution < 1.29 is 110 Å². The van der Waals surface area contributed by atoms with Crippen molar-refractivity contribution in [2.45, 2.75) is 152 Å². The Morgan fingerprint density at radius 3 is 0.382 bits per heavy atom. The van der Waals surface area contributed by atoms with E-state index < -0.39 is 0 Å². The van der Waals surface area contributed by atoms with Crippen molar-refractivity contribution in [1.82, 2.24) is 0 Å². The van der Waals surface area contributed by atoms with Crippen LogP contribution in [-0.2, 0) is 105 Å². The highest BCUT2D eigenvalue weighted by Crippen LogP contribution is 1.82. The number of esters is 11. The molecule has 0 amide bonds. The topological polar surface area (TPSA) is 310 Å². The Balaban J connectivity index is -0.0000000585. The van der Waals surface area contributed by atoms with Gasteiger partial charge in [0.05, 0.1) is 85.7 Å². The molecule has 0 aliphatic rings. The van der Waals surface area contributed by atoms with E-state index in [1.54, 1.807) is 76.2 Å². The minimum absolute atomic E-state index is 0.105. The third-order valence-corrected chi connectivity index (χ3v) is 4.10. The van der Waals surface area contributed by atoms with Gasteiger partial charge in [-0.3, -0.25) is 52.7 Å². The van der Waals surface area contributed by atoms with E-state index in [2.05, 4.69) is 52.1 Å². The predicted molar refractivity (Wildman–Crippen MR) is 251 cm³/mol. The van der Waals surface area contributed by atoms with Gasteiger partial charge in [-0.15, -0.1) is 0 Å². The molecule has 0 radical (unpaired) electrons. The number of aliphatic hydroxyl groups is 1. The molecule has 0 atom stereocenters. The lowest BCUT2D eigenvalue weighted by molar-refractivity contribution is -0.144. The normalized spacial score (nSPS) is 7.79. The number of hydrogen-bond acceptors (Lipinski definition) is 23. The Bertz CT molecular complexity index is 914. The van der Waals surface area contributed by atoms with E-state index in [-0.39, 0.29) is 78.7 Å². The lowest BCUT2D eigenvalue weighted by Gasteiger charge is -1.96. The average molecular weight is 999 g/mol. The van der Waals surface area contributed by atoms with Crippen LogP contribution in [0.4, 0.5) is 0 Å². The first-order chi connectivity index (χ1) is 31.5. The van der Waals surface area contributed by atoms with Crippen LogP contribution in [0.3, 0.4) is 0 Å². The minimum Gasteiger partial charge on any atom is -0.466 e. The van der Waals surface area contributed by atoms with Crippen LogP contribution in [0.2, 0.25) is 0 Å². The van der Waals surface area contributed by atoms with Crippen molar-refractivity contribution in [3.63, 3.8) is 0 Å². The third kappa shape index (κ3) is 232. The molecule has 0 aromatic carbocycles. The SMILES string of the molecule is CCOC(=O)CCO.CCOC(C)=O.CCOC(C)=O.CCOC(C)=O.CCOC(C)=O.CCOC(C)=O.CCOC(C)=O.CCOC(C)=O.CCOC(C)=O.CCOC(C)=O.CCOC(C)=O. The number of hydrogen-bond donors (Lipinski definition) is 1. The van der Waals surface area contributed by atoms with E-state index in [1.807, 2.05) is 0 Å². The van der Waals surface area contributed by atoms with Crippen LogP contribution in [0.5, 0.6) is 0 Å². The fraction of sp³-hybridized carbons (Fsp3) is 0.756.